The second kappa shape index (κ2) is 3.41. The molecule has 0 bridgehead atoms. The molecule has 0 saturated carbocycles. The first-order valence-corrected chi connectivity index (χ1v) is 5.67. The van der Waals surface area contributed by atoms with Crippen molar-refractivity contribution in [2.75, 3.05) is 0 Å². The summed E-state index contributed by atoms with van der Waals surface area (Å²) in [5.74, 6) is 0.550. The zero-order valence-electron chi connectivity index (χ0n) is 9.57. The van der Waals surface area contributed by atoms with Crippen LogP contribution in [0.2, 0.25) is 0 Å². The van der Waals surface area contributed by atoms with Gasteiger partial charge in [0.25, 0.3) is 0 Å². The van der Waals surface area contributed by atoms with Gasteiger partial charge in [0, 0.05) is 17.3 Å². The molecule has 1 aromatic carbocycles. The molecule has 0 saturated heterocycles. The van der Waals surface area contributed by atoms with Crippen molar-refractivity contribution >= 4 is 22.3 Å². The van der Waals surface area contributed by atoms with Crippen LogP contribution in [0.15, 0.2) is 35.5 Å². The largest absolute Gasteiger partial charge is 0.255 e. The molecule has 1 aromatic heterocycles. The van der Waals surface area contributed by atoms with Crippen LogP contribution >= 0.6 is 0 Å². The first-order chi connectivity index (χ1) is 7.75. The molecular weight excluding hydrogens is 196 g/mol. The van der Waals surface area contributed by atoms with Gasteiger partial charge in [-0.15, -0.1) is 0 Å². The predicted octanol–water partition coefficient (Wildman–Crippen LogP) is 3.52. The summed E-state index contributed by atoms with van der Waals surface area (Å²) in [7, 11) is 0. The van der Waals surface area contributed by atoms with E-state index in [1.807, 2.05) is 12.3 Å². The van der Waals surface area contributed by atoms with Crippen LogP contribution in [-0.4, -0.2) is 10.7 Å². The monoisotopic (exact) mass is 210 g/mol. The highest BCUT2D eigenvalue weighted by Gasteiger charge is 2.18. The summed E-state index contributed by atoms with van der Waals surface area (Å²) in [5.41, 5.74) is 4.65. The van der Waals surface area contributed by atoms with Gasteiger partial charge >= 0.3 is 0 Å². The molecule has 0 aliphatic carbocycles. The van der Waals surface area contributed by atoms with Gasteiger partial charge in [0.1, 0.15) is 0 Å². The van der Waals surface area contributed by atoms with E-state index in [4.69, 9.17) is 4.99 Å². The summed E-state index contributed by atoms with van der Waals surface area (Å²) in [4.78, 5) is 9.16. The molecule has 0 amide bonds. The number of aromatic nitrogens is 1. The Balaban J connectivity index is 2.34. The van der Waals surface area contributed by atoms with E-state index < -0.39 is 0 Å². The van der Waals surface area contributed by atoms with Gasteiger partial charge < -0.3 is 0 Å². The summed E-state index contributed by atoms with van der Waals surface area (Å²) in [6, 6.07) is 8.39. The van der Waals surface area contributed by atoms with Gasteiger partial charge in [-0.1, -0.05) is 25.1 Å². The third-order valence-electron chi connectivity index (χ3n) is 3.36. The number of hydrogen-bond acceptors (Lipinski definition) is 2. The van der Waals surface area contributed by atoms with Gasteiger partial charge in [0.15, 0.2) is 0 Å². The Morgan fingerprint density at radius 3 is 3.00 bits per heavy atom. The van der Waals surface area contributed by atoms with E-state index in [-0.39, 0.29) is 0 Å². The molecule has 0 N–H and O–H groups in total. The molecule has 2 heteroatoms. The van der Waals surface area contributed by atoms with Crippen molar-refractivity contribution in [3.05, 3.63) is 36.0 Å². The zero-order chi connectivity index (χ0) is 11.1. The first kappa shape index (κ1) is 9.52. The highest BCUT2D eigenvalue weighted by atomic mass is 14.8. The van der Waals surface area contributed by atoms with Crippen LogP contribution in [0.4, 0.5) is 5.69 Å². The van der Waals surface area contributed by atoms with Crippen LogP contribution in [-0.2, 0) is 6.42 Å². The first-order valence-electron chi connectivity index (χ1n) is 5.67. The van der Waals surface area contributed by atoms with Crippen molar-refractivity contribution in [1.82, 2.24) is 4.98 Å². The number of aliphatic imine (C=N–C) groups is 1. The Kier molecular flexibility index (Phi) is 2.03. The maximum absolute atomic E-state index is 4.71. The summed E-state index contributed by atoms with van der Waals surface area (Å²) in [6.07, 6.45) is 2.92. The second-order valence-corrected chi connectivity index (χ2v) is 4.51. The van der Waals surface area contributed by atoms with Crippen LogP contribution < -0.4 is 0 Å². The number of fused-ring (bicyclic) bond motifs is 3. The van der Waals surface area contributed by atoms with Crippen molar-refractivity contribution in [1.29, 1.82) is 0 Å². The molecule has 2 heterocycles. The molecule has 80 valence electrons. The Bertz CT molecular complexity index is 584. The third kappa shape index (κ3) is 1.33. The Morgan fingerprint density at radius 1 is 1.25 bits per heavy atom. The summed E-state index contributed by atoms with van der Waals surface area (Å²) < 4.78 is 0. The van der Waals surface area contributed by atoms with Crippen LogP contribution in [0.3, 0.4) is 0 Å². The Morgan fingerprint density at radius 2 is 2.12 bits per heavy atom. The molecule has 1 unspecified atom stereocenters. The summed E-state index contributed by atoms with van der Waals surface area (Å²) in [5, 5.41) is 1.17. The number of pyridine rings is 1. The minimum atomic E-state index is 0.550. The fourth-order valence-corrected chi connectivity index (χ4v) is 2.23. The fraction of sp³-hybridized carbons (Fsp3) is 0.286. The van der Waals surface area contributed by atoms with E-state index in [0.29, 0.717) is 5.92 Å². The molecule has 0 fully saturated rings. The second-order valence-electron chi connectivity index (χ2n) is 4.51. The van der Waals surface area contributed by atoms with Gasteiger partial charge in [0.05, 0.1) is 11.2 Å². The lowest BCUT2D eigenvalue weighted by Crippen LogP contribution is -2.14. The van der Waals surface area contributed by atoms with E-state index in [1.165, 1.54) is 16.7 Å². The standard InChI is InChI=1S/C14H14N2/c1-9-8-12-6-5-11-4-3-7-15-13(11)14(12)16-10(9)2/h3-7,9H,8H2,1-2H3. The molecule has 3 rings (SSSR count). The molecule has 1 atom stereocenters. The molecular formula is C14H14N2. The fourth-order valence-electron chi connectivity index (χ4n) is 2.23. The van der Waals surface area contributed by atoms with Gasteiger partial charge in [0.2, 0.25) is 0 Å². The number of benzene rings is 1. The van der Waals surface area contributed by atoms with Crippen LogP contribution in [0.5, 0.6) is 0 Å². The Hall–Kier alpha value is -1.70. The molecule has 1 aliphatic heterocycles. The molecule has 0 spiro atoms. The minimum absolute atomic E-state index is 0.550. The lowest BCUT2D eigenvalue weighted by molar-refractivity contribution is 0.751. The van der Waals surface area contributed by atoms with Crippen molar-refractivity contribution in [3.63, 3.8) is 0 Å². The van der Waals surface area contributed by atoms with E-state index in [1.54, 1.807) is 0 Å². The smallest absolute Gasteiger partial charge is 0.0961 e. The topological polar surface area (TPSA) is 25.2 Å². The maximum Gasteiger partial charge on any atom is 0.0961 e. The number of hydrogen-bond donors (Lipinski definition) is 0. The zero-order valence-corrected chi connectivity index (χ0v) is 9.57. The number of rotatable bonds is 0. The average Bonchev–Trinajstić information content (AvgIpc) is 2.31. The van der Waals surface area contributed by atoms with Crippen molar-refractivity contribution in [2.24, 2.45) is 10.9 Å². The summed E-state index contributed by atoms with van der Waals surface area (Å²) >= 11 is 0. The van der Waals surface area contributed by atoms with Crippen LogP contribution in [0.1, 0.15) is 19.4 Å². The minimum Gasteiger partial charge on any atom is -0.255 e. The summed E-state index contributed by atoms with van der Waals surface area (Å²) in [6.45, 7) is 4.33. The third-order valence-corrected chi connectivity index (χ3v) is 3.36. The highest BCUT2D eigenvalue weighted by molar-refractivity contribution is 5.97. The van der Waals surface area contributed by atoms with Crippen LogP contribution in [0.25, 0.3) is 10.9 Å². The lowest BCUT2D eigenvalue weighted by Gasteiger charge is -2.20. The van der Waals surface area contributed by atoms with E-state index in [2.05, 4.69) is 37.0 Å². The van der Waals surface area contributed by atoms with Gasteiger partial charge in [-0.05, 0) is 30.9 Å². The molecule has 16 heavy (non-hydrogen) atoms. The van der Waals surface area contributed by atoms with E-state index in [9.17, 15) is 0 Å². The lowest BCUT2D eigenvalue weighted by atomic mass is 9.92. The quantitative estimate of drug-likeness (QED) is 0.653. The average molecular weight is 210 g/mol. The van der Waals surface area contributed by atoms with Gasteiger partial charge in [-0.3, -0.25) is 9.98 Å². The predicted molar refractivity (Wildman–Crippen MR) is 67.4 cm³/mol. The Labute approximate surface area is 95.0 Å². The highest BCUT2D eigenvalue weighted by Crippen LogP contribution is 2.34. The molecule has 0 radical (unpaired) electrons. The van der Waals surface area contributed by atoms with Crippen molar-refractivity contribution < 1.29 is 0 Å². The molecule has 2 nitrogen and oxygen atoms in total. The normalized spacial score (nSPS) is 19.4. The van der Waals surface area contributed by atoms with Crippen molar-refractivity contribution in [2.45, 2.75) is 20.3 Å². The van der Waals surface area contributed by atoms with Crippen molar-refractivity contribution in [3.8, 4) is 0 Å². The molecule has 1 aliphatic rings. The van der Waals surface area contributed by atoms with Gasteiger partial charge in [-0.25, -0.2) is 0 Å². The van der Waals surface area contributed by atoms with E-state index >= 15 is 0 Å². The van der Waals surface area contributed by atoms with Crippen LogP contribution in [0, 0.1) is 5.92 Å². The molecule has 2 aromatic rings. The van der Waals surface area contributed by atoms with E-state index in [0.717, 1.165) is 17.6 Å². The SMILES string of the molecule is CC1=Nc2c(ccc3cccnc23)CC1C. The number of nitrogens with zero attached hydrogens (tertiary/aromatic N) is 2. The maximum atomic E-state index is 4.71. The van der Waals surface area contributed by atoms with Gasteiger partial charge in [-0.2, -0.15) is 0 Å².